The van der Waals surface area contributed by atoms with E-state index in [1.165, 1.54) is 0 Å². The molecule has 1 amide bonds. The maximum Gasteiger partial charge on any atom is 0.270 e. The van der Waals surface area contributed by atoms with Crippen LogP contribution in [0.2, 0.25) is 0 Å². The Labute approximate surface area is 154 Å². The highest BCUT2D eigenvalue weighted by Gasteiger charge is 2.32. The van der Waals surface area contributed by atoms with Crippen molar-refractivity contribution < 1.29 is 17.9 Å². The van der Waals surface area contributed by atoms with Crippen LogP contribution in [0.4, 0.5) is 0 Å². The Morgan fingerprint density at radius 2 is 1.96 bits per heavy atom. The van der Waals surface area contributed by atoms with E-state index in [2.05, 4.69) is 4.98 Å². The molecule has 1 aliphatic rings. The Morgan fingerprint density at radius 1 is 1.27 bits per heavy atom. The molecule has 0 radical (unpaired) electrons. The molecule has 1 fully saturated rings. The summed E-state index contributed by atoms with van der Waals surface area (Å²) in [4.78, 5) is 17.7. The first kappa shape index (κ1) is 18.8. The highest BCUT2D eigenvalue weighted by Crippen LogP contribution is 2.24. The van der Waals surface area contributed by atoms with E-state index in [0.29, 0.717) is 31.6 Å². The summed E-state index contributed by atoms with van der Waals surface area (Å²) < 4.78 is 30.0. The van der Waals surface area contributed by atoms with E-state index in [1.807, 2.05) is 38.1 Å². The van der Waals surface area contributed by atoms with Crippen LogP contribution < -0.4 is 4.74 Å². The molecule has 7 heteroatoms. The number of hydrogen-bond acceptors (Lipinski definition) is 4. The average molecular weight is 378 g/mol. The van der Waals surface area contributed by atoms with Gasteiger partial charge in [0.1, 0.15) is 11.4 Å². The second-order valence-electron chi connectivity index (χ2n) is 7.35. The lowest BCUT2D eigenvalue weighted by Gasteiger charge is -2.31. The Kier molecular flexibility index (Phi) is 5.27. The number of fused-ring (bicyclic) bond motifs is 1. The first-order valence-electron chi connectivity index (χ1n) is 8.98. The number of carbonyl (C=O) groups excluding carboxylic acids is 1. The van der Waals surface area contributed by atoms with Crippen LogP contribution in [0, 0.1) is 5.92 Å². The SMILES string of the molecule is COc1ccc2cc(C(=O)N3CCC(S(=O)(=O)CC(C)C)CC3)[nH]c2c1. The van der Waals surface area contributed by atoms with Crippen LogP contribution in [0.25, 0.3) is 10.9 Å². The quantitative estimate of drug-likeness (QED) is 0.868. The third kappa shape index (κ3) is 3.87. The van der Waals surface area contributed by atoms with Gasteiger partial charge in [-0.25, -0.2) is 8.42 Å². The second-order valence-corrected chi connectivity index (χ2v) is 9.68. The van der Waals surface area contributed by atoms with Gasteiger partial charge in [0.15, 0.2) is 9.84 Å². The number of H-pyrrole nitrogens is 1. The van der Waals surface area contributed by atoms with E-state index in [4.69, 9.17) is 4.74 Å². The van der Waals surface area contributed by atoms with Gasteiger partial charge in [0.2, 0.25) is 0 Å². The van der Waals surface area contributed by atoms with E-state index in [-0.39, 0.29) is 22.8 Å². The van der Waals surface area contributed by atoms with Gasteiger partial charge in [0, 0.05) is 30.1 Å². The smallest absolute Gasteiger partial charge is 0.270 e. The van der Waals surface area contributed by atoms with Crippen LogP contribution in [0.15, 0.2) is 24.3 Å². The molecule has 26 heavy (non-hydrogen) atoms. The van der Waals surface area contributed by atoms with Crippen molar-refractivity contribution in [2.24, 2.45) is 5.92 Å². The molecule has 1 N–H and O–H groups in total. The molecule has 0 unspecified atom stereocenters. The molecule has 3 rings (SSSR count). The molecule has 1 aromatic heterocycles. The Hall–Kier alpha value is -2.02. The lowest BCUT2D eigenvalue weighted by molar-refractivity contribution is 0.0720. The zero-order valence-corrected chi connectivity index (χ0v) is 16.3. The molecule has 2 aromatic rings. The van der Waals surface area contributed by atoms with Crippen molar-refractivity contribution in [3.8, 4) is 5.75 Å². The molecular weight excluding hydrogens is 352 g/mol. The van der Waals surface area contributed by atoms with Crippen LogP contribution in [-0.2, 0) is 9.84 Å². The van der Waals surface area contributed by atoms with E-state index in [0.717, 1.165) is 16.7 Å². The highest BCUT2D eigenvalue weighted by molar-refractivity contribution is 7.92. The normalized spacial score (nSPS) is 16.4. The molecule has 1 aliphatic heterocycles. The number of nitrogens with one attached hydrogen (secondary N) is 1. The number of aromatic nitrogens is 1. The summed E-state index contributed by atoms with van der Waals surface area (Å²) >= 11 is 0. The fourth-order valence-electron chi connectivity index (χ4n) is 3.54. The molecule has 0 saturated carbocycles. The van der Waals surface area contributed by atoms with Crippen LogP contribution in [0.5, 0.6) is 5.75 Å². The summed E-state index contributed by atoms with van der Waals surface area (Å²) in [6, 6.07) is 7.46. The Bertz CT molecular complexity index is 893. The zero-order valence-electron chi connectivity index (χ0n) is 15.5. The summed E-state index contributed by atoms with van der Waals surface area (Å²) in [6.45, 7) is 4.78. The maximum absolute atomic E-state index is 12.8. The van der Waals surface area contributed by atoms with Crippen LogP contribution >= 0.6 is 0 Å². The number of sulfone groups is 1. The van der Waals surface area contributed by atoms with E-state index < -0.39 is 9.84 Å². The molecule has 0 bridgehead atoms. The lowest BCUT2D eigenvalue weighted by Crippen LogP contribution is -2.43. The topological polar surface area (TPSA) is 79.5 Å². The number of rotatable bonds is 5. The summed E-state index contributed by atoms with van der Waals surface area (Å²) in [6.07, 6.45) is 1.02. The van der Waals surface area contributed by atoms with Crippen LogP contribution in [0.1, 0.15) is 37.2 Å². The van der Waals surface area contributed by atoms with Gasteiger partial charge < -0.3 is 14.6 Å². The largest absolute Gasteiger partial charge is 0.497 e. The van der Waals surface area contributed by atoms with E-state index >= 15 is 0 Å². The minimum Gasteiger partial charge on any atom is -0.497 e. The number of piperidine rings is 1. The number of likely N-dealkylation sites (tertiary alicyclic amines) is 1. The number of aromatic amines is 1. The molecule has 142 valence electrons. The standard InChI is InChI=1S/C19H26N2O4S/c1-13(2)12-26(23,24)16-6-8-21(9-7-16)19(22)18-10-14-4-5-15(25-3)11-17(14)20-18/h4-5,10-11,13,16,20H,6-9,12H2,1-3H3. The van der Waals surface area contributed by atoms with Gasteiger partial charge in [-0.05, 0) is 37.0 Å². The predicted octanol–water partition coefficient (Wildman–Crippen LogP) is 2.85. The van der Waals surface area contributed by atoms with Crippen molar-refractivity contribution in [1.29, 1.82) is 0 Å². The fourth-order valence-corrected chi connectivity index (χ4v) is 5.67. The summed E-state index contributed by atoms with van der Waals surface area (Å²) in [5.74, 6) is 0.993. The minimum absolute atomic E-state index is 0.0834. The molecule has 1 saturated heterocycles. The molecular formula is C19H26N2O4S. The van der Waals surface area contributed by atoms with Crippen molar-refractivity contribution in [2.75, 3.05) is 26.0 Å². The van der Waals surface area contributed by atoms with Gasteiger partial charge in [0.05, 0.1) is 18.1 Å². The van der Waals surface area contributed by atoms with Crippen molar-refractivity contribution in [1.82, 2.24) is 9.88 Å². The van der Waals surface area contributed by atoms with Gasteiger partial charge in [-0.15, -0.1) is 0 Å². The minimum atomic E-state index is -3.08. The predicted molar refractivity (Wildman–Crippen MR) is 102 cm³/mol. The number of amides is 1. The summed E-state index contributed by atoms with van der Waals surface area (Å²) in [7, 11) is -1.48. The van der Waals surface area contributed by atoms with Gasteiger partial charge >= 0.3 is 0 Å². The zero-order chi connectivity index (χ0) is 18.9. The number of methoxy groups -OCH3 is 1. The van der Waals surface area contributed by atoms with Crippen molar-refractivity contribution in [2.45, 2.75) is 31.9 Å². The molecule has 0 atom stereocenters. The van der Waals surface area contributed by atoms with Crippen molar-refractivity contribution >= 4 is 26.6 Å². The number of carbonyl (C=O) groups is 1. The van der Waals surface area contributed by atoms with Gasteiger partial charge in [-0.3, -0.25) is 4.79 Å². The molecule has 0 aliphatic carbocycles. The average Bonchev–Trinajstić information content (AvgIpc) is 3.03. The lowest BCUT2D eigenvalue weighted by atomic mass is 10.1. The first-order chi connectivity index (χ1) is 12.3. The highest BCUT2D eigenvalue weighted by atomic mass is 32.2. The molecule has 0 spiro atoms. The molecule has 2 heterocycles. The third-order valence-electron chi connectivity index (χ3n) is 4.86. The van der Waals surface area contributed by atoms with Gasteiger partial charge in [-0.2, -0.15) is 0 Å². The number of benzene rings is 1. The van der Waals surface area contributed by atoms with E-state index in [1.54, 1.807) is 12.0 Å². The van der Waals surface area contributed by atoms with Crippen molar-refractivity contribution in [3.63, 3.8) is 0 Å². The summed E-state index contributed by atoms with van der Waals surface area (Å²) in [5, 5.41) is 0.615. The fraction of sp³-hybridized carbons (Fsp3) is 0.526. The van der Waals surface area contributed by atoms with Crippen LogP contribution in [0.3, 0.4) is 0 Å². The first-order valence-corrected chi connectivity index (χ1v) is 10.7. The van der Waals surface area contributed by atoms with Crippen molar-refractivity contribution in [3.05, 3.63) is 30.0 Å². The second kappa shape index (κ2) is 7.31. The monoisotopic (exact) mass is 378 g/mol. The molecule has 6 nitrogen and oxygen atoms in total. The molecule has 1 aromatic carbocycles. The van der Waals surface area contributed by atoms with E-state index in [9.17, 15) is 13.2 Å². The van der Waals surface area contributed by atoms with Gasteiger partial charge in [-0.1, -0.05) is 13.8 Å². The third-order valence-corrected chi connectivity index (χ3v) is 7.48. The Morgan fingerprint density at radius 3 is 2.58 bits per heavy atom. The summed E-state index contributed by atoms with van der Waals surface area (Å²) in [5.41, 5.74) is 1.37. The Balaban J connectivity index is 1.69. The number of ether oxygens (including phenoxy) is 1. The number of hydrogen-bond donors (Lipinski definition) is 1. The van der Waals surface area contributed by atoms with Crippen LogP contribution in [-0.4, -0.2) is 55.4 Å². The van der Waals surface area contributed by atoms with Gasteiger partial charge in [0.25, 0.3) is 5.91 Å². The maximum atomic E-state index is 12.8. The number of nitrogens with zero attached hydrogens (tertiary/aromatic N) is 1.